The first kappa shape index (κ1) is 22.2. The van der Waals surface area contributed by atoms with Crippen LogP contribution in [0.25, 0.3) is 11.1 Å². The van der Waals surface area contributed by atoms with E-state index in [0.29, 0.717) is 5.56 Å². The third kappa shape index (κ3) is 3.44. The van der Waals surface area contributed by atoms with Crippen molar-refractivity contribution in [3.05, 3.63) is 82.4 Å². The molecule has 0 saturated heterocycles. The Hall–Kier alpha value is -2.96. The summed E-state index contributed by atoms with van der Waals surface area (Å²) in [5.41, 5.74) is 11.2. The van der Waals surface area contributed by atoms with Crippen LogP contribution in [0.2, 0.25) is 0 Å². The molecule has 0 aliphatic heterocycles. The summed E-state index contributed by atoms with van der Waals surface area (Å²) in [5, 5.41) is 0. The van der Waals surface area contributed by atoms with Crippen LogP contribution >= 0.6 is 0 Å². The highest BCUT2D eigenvalue weighted by molar-refractivity contribution is 7.86. The SMILES string of the molecule is CC(C)c1cc(N)c(C(=O)C2c3ccccc3-c3ccccc32)c(C(C)C)c1S(=O)(=O)O. The lowest BCUT2D eigenvalue weighted by molar-refractivity contribution is 0.0974. The molecule has 4 rings (SSSR count). The van der Waals surface area contributed by atoms with Gasteiger partial charge in [-0.3, -0.25) is 9.35 Å². The van der Waals surface area contributed by atoms with Crippen molar-refractivity contribution in [3.8, 4) is 11.1 Å². The van der Waals surface area contributed by atoms with Gasteiger partial charge in [0.05, 0.1) is 5.92 Å². The average Bonchev–Trinajstić information content (AvgIpc) is 3.06. The fourth-order valence-electron chi connectivity index (χ4n) is 4.85. The van der Waals surface area contributed by atoms with E-state index in [9.17, 15) is 17.8 Å². The first-order chi connectivity index (χ1) is 15.0. The molecule has 3 N–H and O–H groups in total. The van der Waals surface area contributed by atoms with Crippen molar-refractivity contribution in [2.75, 3.05) is 5.73 Å². The number of rotatable bonds is 5. The van der Waals surface area contributed by atoms with Crippen molar-refractivity contribution in [1.82, 2.24) is 0 Å². The van der Waals surface area contributed by atoms with Gasteiger partial charge in [-0.1, -0.05) is 76.2 Å². The summed E-state index contributed by atoms with van der Waals surface area (Å²) < 4.78 is 35.1. The highest BCUT2D eigenvalue weighted by Crippen LogP contribution is 2.48. The van der Waals surface area contributed by atoms with Crippen molar-refractivity contribution in [2.24, 2.45) is 0 Å². The summed E-state index contributed by atoms with van der Waals surface area (Å²) in [7, 11) is -4.58. The standard InChI is InChI=1S/C26H27NO4S/c1-14(2)20-13-21(27)24(22(15(3)4)26(20)32(29,30)31)25(28)23-18-11-7-5-9-16(18)17-10-6-8-12-19(17)23/h5-15,23H,27H2,1-4H3,(H,29,30,31). The molecule has 0 amide bonds. The van der Waals surface area contributed by atoms with Gasteiger partial charge in [0.15, 0.2) is 5.78 Å². The van der Waals surface area contributed by atoms with Crippen LogP contribution in [0, 0.1) is 0 Å². The molecular formula is C26H27NO4S. The zero-order valence-electron chi connectivity index (χ0n) is 18.6. The van der Waals surface area contributed by atoms with Crippen LogP contribution < -0.4 is 5.73 Å². The van der Waals surface area contributed by atoms with Crippen molar-refractivity contribution < 1.29 is 17.8 Å². The molecule has 0 spiro atoms. The summed E-state index contributed by atoms with van der Waals surface area (Å²) in [6, 6.07) is 17.0. The molecule has 0 radical (unpaired) electrons. The van der Waals surface area contributed by atoms with Gasteiger partial charge in [-0.15, -0.1) is 0 Å². The number of carbonyl (C=O) groups is 1. The maximum atomic E-state index is 14.1. The van der Waals surface area contributed by atoms with Crippen LogP contribution in [0.4, 0.5) is 5.69 Å². The fraction of sp³-hybridized carbons (Fsp3) is 0.269. The van der Waals surface area contributed by atoms with E-state index in [-0.39, 0.29) is 39.3 Å². The lowest BCUT2D eigenvalue weighted by atomic mass is 9.82. The Morgan fingerprint density at radius 1 is 0.906 bits per heavy atom. The predicted molar refractivity (Wildman–Crippen MR) is 127 cm³/mol. The minimum absolute atomic E-state index is 0.175. The number of fused-ring (bicyclic) bond motifs is 3. The number of hydrogen-bond acceptors (Lipinski definition) is 4. The van der Waals surface area contributed by atoms with Crippen LogP contribution in [-0.4, -0.2) is 18.8 Å². The van der Waals surface area contributed by atoms with Gasteiger partial charge in [0.1, 0.15) is 4.90 Å². The molecule has 0 atom stereocenters. The molecule has 0 aromatic heterocycles. The van der Waals surface area contributed by atoms with Crippen LogP contribution in [0.5, 0.6) is 0 Å². The van der Waals surface area contributed by atoms with Gasteiger partial charge in [0, 0.05) is 11.3 Å². The Labute approximate surface area is 189 Å². The van der Waals surface area contributed by atoms with Gasteiger partial charge in [-0.25, -0.2) is 0 Å². The summed E-state index contributed by atoms with van der Waals surface area (Å²) in [5.74, 6) is -1.41. The van der Waals surface area contributed by atoms with E-state index in [1.807, 2.05) is 62.4 Å². The first-order valence-corrected chi connectivity index (χ1v) is 12.1. The molecule has 0 heterocycles. The molecule has 0 unspecified atom stereocenters. The van der Waals surface area contributed by atoms with Gasteiger partial charge in [-0.05, 0) is 51.3 Å². The number of nitrogen functional groups attached to an aromatic ring is 1. The van der Waals surface area contributed by atoms with Gasteiger partial charge in [0.25, 0.3) is 10.1 Å². The number of carbonyl (C=O) groups excluding carboxylic acids is 1. The Balaban J connectivity index is 2.04. The lowest BCUT2D eigenvalue weighted by Crippen LogP contribution is -2.21. The third-order valence-corrected chi connectivity index (χ3v) is 7.15. The van der Waals surface area contributed by atoms with Crippen molar-refractivity contribution in [1.29, 1.82) is 0 Å². The lowest BCUT2D eigenvalue weighted by Gasteiger charge is -2.24. The fourth-order valence-corrected chi connectivity index (χ4v) is 6.06. The zero-order chi connectivity index (χ0) is 23.4. The molecule has 32 heavy (non-hydrogen) atoms. The van der Waals surface area contributed by atoms with Crippen molar-refractivity contribution >= 4 is 21.6 Å². The minimum Gasteiger partial charge on any atom is -0.398 e. The van der Waals surface area contributed by atoms with E-state index in [0.717, 1.165) is 22.3 Å². The van der Waals surface area contributed by atoms with E-state index in [1.54, 1.807) is 13.8 Å². The summed E-state index contributed by atoms with van der Waals surface area (Å²) in [6.07, 6.45) is 0. The van der Waals surface area contributed by atoms with Crippen LogP contribution in [-0.2, 0) is 10.1 Å². The van der Waals surface area contributed by atoms with E-state index in [1.165, 1.54) is 6.07 Å². The summed E-state index contributed by atoms with van der Waals surface area (Å²) >= 11 is 0. The summed E-state index contributed by atoms with van der Waals surface area (Å²) in [6.45, 7) is 7.28. The number of anilines is 1. The second-order valence-electron chi connectivity index (χ2n) is 8.93. The Morgan fingerprint density at radius 2 is 1.41 bits per heavy atom. The van der Waals surface area contributed by atoms with E-state index < -0.39 is 16.0 Å². The monoisotopic (exact) mass is 449 g/mol. The van der Waals surface area contributed by atoms with Crippen LogP contribution in [0.15, 0.2) is 59.5 Å². The number of Topliss-reactive ketones (excluding diaryl/α,β-unsaturated/α-hetero) is 1. The third-order valence-electron chi connectivity index (χ3n) is 6.18. The topological polar surface area (TPSA) is 97.5 Å². The molecular weight excluding hydrogens is 422 g/mol. The molecule has 1 aliphatic carbocycles. The normalized spacial score (nSPS) is 13.5. The second-order valence-corrected chi connectivity index (χ2v) is 10.3. The Morgan fingerprint density at radius 3 is 1.84 bits per heavy atom. The highest BCUT2D eigenvalue weighted by Gasteiger charge is 2.38. The molecule has 0 fully saturated rings. The molecule has 166 valence electrons. The quantitative estimate of drug-likeness (QED) is 0.293. The minimum atomic E-state index is -4.58. The maximum Gasteiger partial charge on any atom is 0.295 e. The van der Waals surface area contributed by atoms with Gasteiger partial charge in [-0.2, -0.15) is 8.42 Å². The molecule has 5 nitrogen and oxygen atoms in total. The largest absolute Gasteiger partial charge is 0.398 e. The molecule has 3 aromatic rings. The van der Waals surface area contributed by atoms with Crippen LogP contribution in [0.1, 0.15) is 78.1 Å². The highest BCUT2D eigenvalue weighted by atomic mass is 32.2. The Bertz CT molecular complexity index is 1290. The molecule has 1 aliphatic rings. The number of nitrogens with two attached hydrogens (primary N) is 1. The Kier molecular flexibility index (Phi) is 5.47. The molecule has 6 heteroatoms. The average molecular weight is 450 g/mol. The number of benzene rings is 3. The van der Waals surface area contributed by atoms with Crippen LogP contribution in [0.3, 0.4) is 0 Å². The van der Waals surface area contributed by atoms with Gasteiger partial charge in [0.2, 0.25) is 0 Å². The van der Waals surface area contributed by atoms with Crippen molar-refractivity contribution in [3.63, 3.8) is 0 Å². The number of ketones is 1. The van der Waals surface area contributed by atoms with Gasteiger partial charge < -0.3 is 5.73 Å². The van der Waals surface area contributed by atoms with Gasteiger partial charge >= 0.3 is 0 Å². The predicted octanol–water partition coefficient (Wildman–Crippen LogP) is 5.76. The second kappa shape index (κ2) is 7.87. The molecule has 0 bridgehead atoms. The molecule has 3 aromatic carbocycles. The smallest absolute Gasteiger partial charge is 0.295 e. The van der Waals surface area contributed by atoms with Crippen molar-refractivity contribution in [2.45, 2.75) is 50.3 Å². The number of hydrogen-bond donors (Lipinski definition) is 2. The first-order valence-electron chi connectivity index (χ1n) is 10.7. The van der Waals surface area contributed by atoms with E-state index in [4.69, 9.17) is 5.73 Å². The zero-order valence-corrected chi connectivity index (χ0v) is 19.4. The van der Waals surface area contributed by atoms with E-state index in [2.05, 4.69) is 0 Å². The molecule has 0 saturated carbocycles. The summed E-state index contributed by atoms with van der Waals surface area (Å²) in [4.78, 5) is 13.9. The maximum absolute atomic E-state index is 14.1. The van der Waals surface area contributed by atoms with E-state index >= 15 is 0 Å².